The maximum absolute atomic E-state index is 5.74. The van der Waals surface area contributed by atoms with Gasteiger partial charge in [-0.3, -0.25) is 4.99 Å². The molecule has 0 unspecified atom stereocenters. The zero-order valence-corrected chi connectivity index (χ0v) is 16.7. The van der Waals surface area contributed by atoms with E-state index >= 15 is 0 Å². The lowest BCUT2D eigenvalue weighted by atomic mass is 10.2. The highest BCUT2D eigenvalue weighted by molar-refractivity contribution is 5.93. The molecule has 7 nitrogen and oxygen atoms in total. The Balaban J connectivity index is 1.89. The van der Waals surface area contributed by atoms with Gasteiger partial charge in [0.2, 0.25) is 0 Å². The van der Waals surface area contributed by atoms with Crippen molar-refractivity contribution in [3.05, 3.63) is 42.5 Å². The molecule has 0 aliphatic rings. The molecule has 0 spiro atoms. The number of guanidine groups is 1. The zero-order chi connectivity index (χ0) is 19.5. The van der Waals surface area contributed by atoms with Crippen LogP contribution >= 0.6 is 0 Å². The van der Waals surface area contributed by atoms with Crippen molar-refractivity contribution < 1.29 is 9.47 Å². The van der Waals surface area contributed by atoms with Crippen LogP contribution in [0.2, 0.25) is 0 Å². The third-order valence-corrected chi connectivity index (χ3v) is 3.86. The third kappa shape index (κ3) is 7.30. The first-order valence-corrected chi connectivity index (χ1v) is 9.32. The van der Waals surface area contributed by atoms with Crippen LogP contribution in [-0.4, -0.2) is 42.9 Å². The van der Waals surface area contributed by atoms with Gasteiger partial charge >= 0.3 is 0 Å². The van der Waals surface area contributed by atoms with Crippen LogP contribution in [-0.2, 0) is 17.8 Å². The highest BCUT2D eigenvalue weighted by Crippen LogP contribution is 2.17. The number of nitrogens with zero attached hydrogens (tertiary/aromatic N) is 3. The summed E-state index contributed by atoms with van der Waals surface area (Å²) in [6.07, 6.45) is 4.71. The Morgan fingerprint density at radius 2 is 2.15 bits per heavy atom. The first-order valence-electron chi connectivity index (χ1n) is 9.32. The van der Waals surface area contributed by atoms with Crippen LogP contribution in [0.15, 0.2) is 41.7 Å². The van der Waals surface area contributed by atoms with E-state index in [4.69, 9.17) is 9.47 Å². The van der Waals surface area contributed by atoms with Crippen molar-refractivity contribution in [1.82, 2.24) is 14.9 Å². The van der Waals surface area contributed by atoms with Crippen LogP contribution in [0, 0.1) is 5.92 Å². The summed E-state index contributed by atoms with van der Waals surface area (Å²) in [7, 11) is 3.44. The number of anilines is 1. The largest absolute Gasteiger partial charge is 0.493 e. The summed E-state index contributed by atoms with van der Waals surface area (Å²) in [6.45, 7) is 7.27. The summed E-state index contributed by atoms with van der Waals surface area (Å²) in [5.41, 5.74) is 0.915. The van der Waals surface area contributed by atoms with Crippen LogP contribution in [0.25, 0.3) is 0 Å². The average molecular weight is 374 g/mol. The zero-order valence-electron chi connectivity index (χ0n) is 16.7. The Kier molecular flexibility index (Phi) is 8.64. The van der Waals surface area contributed by atoms with E-state index < -0.39 is 0 Å². The normalized spacial score (nSPS) is 11.7. The van der Waals surface area contributed by atoms with E-state index in [1.165, 1.54) is 0 Å². The minimum absolute atomic E-state index is 0.571. The van der Waals surface area contributed by atoms with Crippen LogP contribution in [0.1, 0.15) is 26.1 Å². The van der Waals surface area contributed by atoms with Gasteiger partial charge in [-0.2, -0.15) is 0 Å². The van der Waals surface area contributed by atoms with Gasteiger partial charge in [0.15, 0.2) is 5.96 Å². The standard InChI is InChI=1S/C20H31N5O2/c1-16(2)15-25-10-9-22-19(25)14-23-20(21-3)24-17-7-5-8-18(13-17)27-12-6-11-26-4/h5,7-10,13,16H,6,11-12,14-15H2,1-4H3,(H2,21,23,24). The summed E-state index contributed by atoms with van der Waals surface area (Å²) < 4.78 is 12.9. The molecule has 0 bridgehead atoms. The van der Waals surface area contributed by atoms with Gasteiger partial charge in [-0.05, 0) is 18.1 Å². The van der Waals surface area contributed by atoms with Gasteiger partial charge in [0.05, 0.1) is 13.2 Å². The first-order chi connectivity index (χ1) is 13.1. The number of hydrogen-bond acceptors (Lipinski definition) is 4. The number of ether oxygens (including phenoxy) is 2. The molecule has 0 saturated heterocycles. The second-order valence-electron chi connectivity index (χ2n) is 6.66. The summed E-state index contributed by atoms with van der Waals surface area (Å²) >= 11 is 0. The number of aromatic nitrogens is 2. The molecule has 1 aromatic carbocycles. The molecule has 2 rings (SSSR count). The van der Waals surface area contributed by atoms with E-state index in [1.54, 1.807) is 14.2 Å². The van der Waals surface area contributed by atoms with Crippen molar-refractivity contribution in [3.63, 3.8) is 0 Å². The lowest BCUT2D eigenvalue weighted by Crippen LogP contribution is -2.31. The monoisotopic (exact) mass is 373 g/mol. The van der Waals surface area contributed by atoms with E-state index in [2.05, 4.69) is 39.0 Å². The van der Waals surface area contributed by atoms with Crippen LogP contribution < -0.4 is 15.4 Å². The van der Waals surface area contributed by atoms with E-state index in [0.29, 0.717) is 31.6 Å². The molecule has 0 fully saturated rings. The quantitative estimate of drug-likeness (QED) is 0.380. The molecule has 0 atom stereocenters. The SMILES string of the molecule is CN=C(NCc1nccn1CC(C)C)Nc1cccc(OCCCOC)c1. The van der Waals surface area contributed by atoms with Crippen LogP contribution in [0.3, 0.4) is 0 Å². The number of imidazole rings is 1. The molecule has 0 saturated carbocycles. The molecule has 0 aliphatic carbocycles. The second-order valence-corrected chi connectivity index (χ2v) is 6.66. The fourth-order valence-electron chi connectivity index (χ4n) is 2.60. The minimum atomic E-state index is 0.571. The van der Waals surface area contributed by atoms with Crippen molar-refractivity contribution >= 4 is 11.6 Å². The Hall–Kier alpha value is -2.54. The minimum Gasteiger partial charge on any atom is -0.493 e. The summed E-state index contributed by atoms with van der Waals surface area (Å²) in [5.74, 6) is 3.06. The van der Waals surface area contributed by atoms with Gasteiger partial charge in [0.25, 0.3) is 0 Å². The highest BCUT2D eigenvalue weighted by atomic mass is 16.5. The lowest BCUT2D eigenvalue weighted by Gasteiger charge is -2.14. The molecule has 2 N–H and O–H groups in total. The molecule has 1 aromatic heterocycles. The third-order valence-electron chi connectivity index (χ3n) is 3.86. The molecule has 0 aliphatic heterocycles. The summed E-state index contributed by atoms with van der Waals surface area (Å²) in [5, 5.41) is 6.60. The molecule has 0 amide bonds. The van der Waals surface area contributed by atoms with Gasteiger partial charge in [-0.1, -0.05) is 19.9 Å². The number of nitrogens with one attached hydrogen (secondary N) is 2. The highest BCUT2D eigenvalue weighted by Gasteiger charge is 2.07. The molecule has 2 aromatic rings. The number of rotatable bonds is 10. The fraction of sp³-hybridized carbons (Fsp3) is 0.500. The molecule has 0 radical (unpaired) electrons. The van der Waals surface area contributed by atoms with Gasteiger partial charge in [0, 0.05) is 57.9 Å². The molecular formula is C20H31N5O2. The summed E-state index contributed by atoms with van der Waals surface area (Å²) in [4.78, 5) is 8.72. The first kappa shape index (κ1) is 20.8. The predicted octanol–water partition coefficient (Wildman–Crippen LogP) is 3.14. The Morgan fingerprint density at radius 3 is 2.89 bits per heavy atom. The predicted molar refractivity (Wildman–Crippen MR) is 109 cm³/mol. The number of aliphatic imine (C=N–C) groups is 1. The van der Waals surface area contributed by atoms with E-state index in [0.717, 1.165) is 30.2 Å². The molecule has 27 heavy (non-hydrogen) atoms. The maximum atomic E-state index is 5.74. The van der Waals surface area contributed by atoms with Crippen molar-refractivity contribution in [2.24, 2.45) is 10.9 Å². The number of methoxy groups -OCH3 is 1. The lowest BCUT2D eigenvalue weighted by molar-refractivity contribution is 0.172. The fourth-order valence-corrected chi connectivity index (χ4v) is 2.60. The average Bonchev–Trinajstić information content (AvgIpc) is 3.09. The van der Waals surface area contributed by atoms with Gasteiger partial charge in [0.1, 0.15) is 11.6 Å². The van der Waals surface area contributed by atoms with Crippen molar-refractivity contribution in [2.75, 3.05) is 32.7 Å². The van der Waals surface area contributed by atoms with Gasteiger partial charge < -0.3 is 24.7 Å². The maximum Gasteiger partial charge on any atom is 0.195 e. The van der Waals surface area contributed by atoms with E-state index in [1.807, 2.05) is 36.7 Å². The number of hydrogen-bond donors (Lipinski definition) is 2. The topological polar surface area (TPSA) is 72.7 Å². The number of benzene rings is 1. The Bertz CT molecular complexity index is 712. The van der Waals surface area contributed by atoms with Crippen LogP contribution in [0.4, 0.5) is 5.69 Å². The van der Waals surface area contributed by atoms with E-state index in [-0.39, 0.29) is 0 Å². The summed E-state index contributed by atoms with van der Waals surface area (Å²) in [6, 6.07) is 7.83. The molecule has 148 valence electrons. The van der Waals surface area contributed by atoms with E-state index in [9.17, 15) is 0 Å². The van der Waals surface area contributed by atoms with Crippen molar-refractivity contribution in [2.45, 2.75) is 33.4 Å². The van der Waals surface area contributed by atoms with Crippen molar-refractivity contribution in [1.29, 1.82) is 0 Å². The Morgan fingerprint density at radius 1 is 1.30 bits per heavy atom. The van der Waals surface area contributed by atoms with Crippen molar-refractivity contribution in [3.8, 4) is 5.75 Å². The van der Waals surface area contributed by atoms with Gasteiger partial charge in [-0.25, -0.2) is 4.98 Å². The van der Waals surface area contributed by atoms with Crippen LogP contribution in [0.5, 0.6) is 5.75 Å². The second kappa shape index (κ2) is 11.2. The van der Waals surface area contributed by atoms with Gasteiger partial charge in [-0.15, -0.1) is 0 Å². The molecule has 1 heterocycles. The smallest absolute Gasteiger partial charge is 0.195 e. The molecule has 7 heteroatoms. The molecular weight excluding hydrogens is 342 g/mol. The Labute approximate surface area is 161 Å².